The molecular weight excluding hydrogens is 248 g/mol. The van der Waals surface area contributed by atoms with E-state index in [9.17, 15) is 19.2 Å². The summed E-state index contributed by atoms with van der Waals surface area (Å²) in [5.41, 5.74) is 0. The standard InChI is InChI=1S/C10H12O8/c1-2-4(6(9(15)16)10(17)18)3-5(7(11)12)8(13)14/h2,4-6H,1,3H2,(H,11,12)(H,13,14)(H,15,16)(H,17,18). The van der Waals surface area contributed by atoms with Crippen molar-refractivity contribution < 1.29 is 39.6 Å². The van der Waals surface area contributed by atoms with Crippen molar-refractivity contribution in [1.82, 2.24) is 0 Å². The van der Waals surface area contributed by atoms with Gasteiger partial charge in [-0.2, -0.15) is 0 Å². The highest BCUT2D eigenvalue weighted by molar-refractivity contribution is 5.95. The van der Waals surface area contributed by atoms with E-state index in [0.29, 0.717) is 0 Å². The Balaban J connectivity index is 5.14. The molecule has 0 radical (unpaired) electrons. The summed E-state index contributed by atoms with van der Waals surface area (Å²) in [6.45, 7) is 3.21. The van der Waals surface area contributed by atoms with Crippen LogP contribution >= 0.6 is 0 Å². The normalized spacial score (nSPS) is 12.1. The van der Waals surface area contributed by atoms with Gasteiger partial charge in [-0.1, -0.05) is 6.08 Å². The zero-order chi connectivity index (χ0) is 14.5. The lowest BCUT2D eigenvalue weighted by Crippen LogP contribution is -2.34. The van der Waals surface area contributed by atoms with Crippen LogP contribution in [0.15, 0.2) is 12.7 Å². The van der Waals surface area contributed by atoms with Crippen LogP contribution in [0.5, 0.6) is 0 Å². The number of aliphatic carboxylic acids is 4. The molecule has 0 aliphatic heterocycles. The molecule has 0 heterocycles. The number of carbonyl (C=O) groups is 4. The van der Waals surface area contributed by atoms with E-state index in [0.717, 1.165) is 6.08 Å². The Kier molecular flexibility index (Phi) is 5.54. The summed E-state index contributed by atoms with van der Waals surface area (Å²) in [4.78, 5) is 42.8. The number of carboxylic acid groups (broad SMARTS) is 4. The first-order chi connectivity index (χ1) is 8.22. The molecule has 0 aromatic carbocycles. The van der Waals surface area contributed by atoms with Gasteiger partial charge in [-0.05, 0) is 6.42 Å². The summed E-state index contributed by atoms with van der Waals surface area (Å²) in [6, 6.07) is 0. The smallest absolute Gasteiger partial charge is 0.318 e. The molecule has 0 spiro atoms. The highest BCUT2D eigenvalue weighted by Crippen LogP contribution is 2.23. The first-order valence-corrected chi connectivity index (χ1v) is 4.76. The third-order valence-electron chi connectivity index (χ3n) is 2.37. The van der Waals surface area contributed by atoms with Gasteiger partial charge in [0.2, 0.25) is 0 Å². The summed E-state index contributed by atoms with van der Waals surface area (Å²) >= 11 is 0. The fourth-order valence-electron chi connectivity index (χ4n) is 1.42. The van der Waals surface area contributed by atoms with Gasteiger partial charge in [-0.25, -0.2) is 0 Å². The minimum Gasteiger partial charge on any atom is -0.481 e. The number of hydrogen-bond donors (Lipinski definition) is 4. The van der Waals surface area contributed by atoms with Gasteiger partial charge in [0.05, 0.1) is 0 Å². The Morgan fingerprint density at radius 1 is 0.889 bits per heavy atom. The van der Waals surface area contributed by atoms with Crippen LogP contribution in [0.25, 0.3) is 0 Å². The molecule has 1 atom stereocenters. The fraction of sp³-hybridized carbons (Fsp3) is 0.400. The summed E-state index contributed by atoms with van der Waals surface area (Å²) < 4.78 is 0. The van der Waals surface area contributed by atoms with Gasteiger partial charge in [0.15, 0.2) is 11.8 Å². The minimum absolute atomic E-state index is 0.655. The van der Waals surface area contributed by atoms with Crippen LogP contribution in [0.2, 0.25) is 0 Å². The molecular formula is C10H12O8. The van der Waals surface area contributed by atoms with Gasteiger partial charge in [0, 0.05) is 5.92 Å². The second kappa shape index (κ2) is 6.38. The van der Waals surface area contributed by atoms with Gasteiger partial charge in [0.1, 0.15) is 0 Å². The number of allylic oxidation sites excluding steroid dienone is 1. The lowest BCUT2D eigenvalue weighted by atomic mass is 9.84. The lowest BCUT2D eigenvalue weighted by molar-refractivity contribution is -0.161. The quantitative estimate of drug-likeness (QED) is 0.344. The molecule has 4 N–H and O–H groups in total. The van der Waals surface area contributed by atoms with Crippen molar-refractivity contribution in [3.63, 3.8) is 0 Å². The molecule has 0 saturated carbocycles. The summed E-state index contributed by atoms with van der Waals surface area (Å²) in [7, 11) is 0. The monoisotopic (exact) mass is 260 g/mol. The number of rotatable bonds is 8. The minimum atomic E-state index is -1.93. The van der Waals surface area contributed by atoms with Crippen molar-refractivity contribution in [2.24, 2.45) is 17.8 Å². The summed E-state index contributed by atoms with van der Waals surface area (Å²) in [5.74, 6) is -11.8. The summed E-state index contributed by atoms with van der Waals surface area (Å²) in [6.07, 6.45) is 0.281. The van der Waals surface area contributed by atoms with E-state index in [4.69, 9.17) is 20.4 Å². The van der Waals surface area contributed by atoms with Crippen LogP contribution in [0.3, 0.4) is 0 Å². The maximum absolute atomic E-state index is 10.7. The van der Waals surface area contributed by atoms with Crippen LogP contribution in [-0.2, 0) is 19.2 Å². The third kappa shape index (κ3) is 3.89. The molecule has 0 aliphatic carbocycles. The van der Waals surface area contributed by atoms with Crippen molar-refractivity contribution in [3.8, 4) is 0 Å². The molecule has 100 valence electrons. The lowest BCUT2D eigenvalue weighted by Gasteiger charge is -2.19. The average Bonchev–Trinajstić information content (AvgIpc) is 2.21. The molecule has 8 heteroatoms. The van der Waals surface area contributed by atoms with Crippen molar-refractivity contribution >= 4 is 23.9 Å². The van der Waals surface area contributed by atoms with Gasteiger partial charge < -0.3 is 20.4 Å². The second-order valence-corrected chi connectivity index (χ2v) is 3.52. The average molecular weight is 260 g/mol. The van der Waals surface area contributed by atoms with Crippen molar-refractivity contribution in [1.29, 1.82) is 0 Å². The van der Waals surface area contributed by atoms with Crippen molar-refractivity contribution in [2.45, 2.75) is 6.42 Å². The molecule has 18 heavy (non-hydrogen) atoms. The maximum Gasteiger partial charge on any atom is 0.318 e. The SMILES string of the molecule is C=CC(CC(C(=O)O)C(=O)O)C(C(=O)O)C(=O)O. The number of hydrogen-bond acceptors (Lipinski definition) is 4. The molecule has 0 aromatic rings. The van der Waals surface area contributed by atoms with E-state index in [1.807, 2.05) is 0 Å². The van der Waals surface area contributed by atoms with E-state index >= 15 is 0 Å². The molecule has 8 nitrogen and oxygen atoms in total. The van der Waals surface area contributed by atoms with Crippen molar-refractivity contribution in [3.05, 3.63) is 12.7 Å². The van der Waals surface area contributed by atoms with E-state index in [2.05, 4.69) is 6.58 Å². The van der Waals surface area contributed by atoms with Crippen LogP contribution in [0.4, 0.5) is 0 Å². The van der Waals surface area contributed by atoms with Gasteiger partial charge in [-0.15, -0.1) is 6.58 Å². The Morgan fingerprint density at radius 3 is 1.50 bits per heavy atom. The van der Waals surface area contributed by atoms with E-state index < -0.39 is 48.1 Å². The first-order valence-electron chi connectivity index (χ1n) is 4.76. The van der Waals surface area contributed by atoms with Gasteiger partial charge in [0.25, 0.3) is 0 Å². The topological polar surface area (TPSA) is 149 Å². The molecule has 0 amide bonds. The van der Waals surface area contributed by atoms with E-state index in [1.165, 1.54) is 0 Å². The zero-order valence-electron chi connectivity index (χ0n) is 9.15. The molecule has 0 rings (SSSR count). The maximum atomic E-state index is 10.7. The predicted octanol–water partition coefficient (Wildman–Crippen LogP) is -0.250. The highest BCUT2D eigenvalue weighted by Gasteiger charge is 2.38. The second-order valence-electron chi connectivity index (χ2n) is 3.52. The van der Waals surface area contributed by atoms with Crippen LogP contribution in [0.1, 0.15) is 6.42 Å². The number of carboxylic acids is 4. The Hall–Kier alpha value is -2.38. The highest BCUT2D eigenvalue weighted by atomic mass is 16.4. The van der Waals surface area contributed by atoms with Crippen LogP contribution in [-0.4, -0.2) is 44.3 Å². The summed E-state index contributed by atoms with van der Waals surface area (Å²) in [5, 5.41) is 34.7. The van der Waals surface area contributed by atoms with E-state index in [1.54, 1.807) is 0 Å². The largest absolute Gasteiger partial charge is 0.481 e. The zero-order valence-corrected chi connectivity index (χ0v) is 9.15. The Labute approximate surface area is 101 Å². The molecule has 1 unspecified atom stereocenters. The van der Waals surface area contributed by atoms with Crippen LogP contribution in [0, 0.1) is 17.8 Å². The predicted molar refractivity (Wildman–Crippen MR) is 55.8 cm³/mol. The van der Waals surface area contributed by atoms with Crippen LogP contribution < -0.4 is 0 Å². The molecule has 0 bridgehead atoms. The van der Waals surface area contributed by atoms with Gasteiger partial charge in [-0.3, -0.25) is 19.2 Å². The molecule has 0 saturated heterocycles. The van der Waals surface area contributed by atoms with E-state index in [-0.39, 0.29) is 0 Å². The molecule has 0 aliphatic rings. The van der Waals surface area contributed by atoms with Gasteiger partial charge >= 0.3 is 23.9 Å². The first kappa shape index (κ1) is 15.6. The molecule has 0 aromatic heterocycles. The Morgan fingerprint density at radius 2 is 1.28 bits per heavy atom. The fourth-order valence-corrected chi connectivity index (χ4v) is 1.42. The van der Waals surface area contributed by atoms with Crippen molar-refractivity contribution in [2.75, 3.05) is 0 Å². The molecule has 0 fully saturated rings. The Bertz CT molecular complexity index is 357. The third-order valence-corrected chi connectivity index (χ3v) is 2.37.